The van der Waals surface area contributed by atoms with Gasteiger partial charge >= 0.3 is 6.09 Å². The van der Waals surface area contributed by atoms with E-state index in [2.05, 4.69) is 0 Å². The number of nitrogens with zero attached hydrogens (tertiary/aromatic N) is 1. The van der Waals surface area contributed by atoms with E-state index in [4.69, 9.17) is 16.3 Å². The van der Waals surface area contributed by atoms with Crippen molar-refractivity contribution in [2.75, 3.05) is 17.3 Å². The van der Waals surface area contributed by atoms with Crippen LogP contribution in [0, 0.1) is 6.92 Å². The number of anilines is 1. The molecule has 0 spiro atoms. The van der Waals surface area contributed by atoms with Crippen molar-refractivity contribution >= 4 is 34.2 Å². The van der Waals surface area contributed by atoms with Crippen LogP contribution < -0.4 is 4.90 Å². The Bertz CT molecular complexity index is 812. The lowest BCUT2D eigenvalue weighted by Gasteiger charge is -2.25. The summed E-state index contributed by atoms with van der Waals surface area (Å²) < 4.78 is 5.51. The molecular weight excluding hydrogens is 374 g/mol. The second-order valence-corrected chi connectivity index (χ2v) is 7.63. The molecule has 0 radical (unpaired) electrons. The van der Waals surface area contributed by atoms with Crippen LogP contribution in [0.1, 0.15) is 65.5 Å². The number of benzene rings is 2. The van der Waals surface area contributed by atoms with Gasteiger partial charge in [0.15, 0.2) is 0 Å². The van der Waals surface area contributed by atoms with E-state index >= 15 is 0 Å². The summed E-state index contributed by atoms with van der Waals surface area (Å²) in [5.74, 6) is 0.576. The lowest BCUT2D eigenvalue weighted by atomic mass is 9.94. The van der Waals surface area contributed by atoms with Crippen molar-refractivity contribution in [3.8, 4) is 5.75 Å². The molecule has 1 atom stereocenters. The summed E-state index contributed by atoms with van der Waals surface area (Å²) in [7, 11) is 0. The van der Waals surface area contributed by atoms with Gasteiger partial charge in [0, 0.05) is 29.8 Å². The molecular formula is C23H34ClNO3. The number of alkyl halides is 1. The van der Waals surface area contributed by atoms with E-state index < -0.39 is 11.7 Å². The Kier molecular flexibility index (Phi) is 8.62. The molecule has 5 heteroatoms. The predicted molar refractivity (Wildman–Crippen MR) is 120 cm³/mol. The Hall–Kier alpha value is -1.94. The molecule has 0 saturated carbocycles. The average molecular weight is 408 g/mol. The number of hydrogen-bond acceptors (Lipinski definition) is 3. The first-order valence-electron chi connectivity index (χ1n) is 10.0. The molecule has 0 saturated heterocycles. The van der Waals surface area contributed by atoms with Gasteiger partial charge in [0.1, 0.15) is 11.4 Å². The maximum Gasteiger partial charge on any atom is 0.414 e. The fraction of sp³-hybridized carbons (Fsp3) is 0.522. The molecule has 2 aromatic rings. The van der Waals surface area contributed by atoms with E-state index in [0.717, 1.165) is 21.9 Å². The largest absolute Gasteiger partial charge is 0.507 e. The van der Waals surface area contributed by atoms with Crippen LogP contribution in [0.15, 0.2) is 24.3 Å². The van der Waals surface area contributed by atoms with Crippen LogP contribution in [-0.2, 0) is 4.74 Å². The second kappa shape index (κ2) is 10.0. The number of fused-ring (bicyclic) bond motifs is 3. The summed E-state index contributed by atoms with van der Waals surface area (Å²) in [6, 6.07) is 7.54. The normalized spacial score (nSPS) is 15.2. The van der Waals surface area contributed by atoms with E-state index in [9.17, 15) is 9.90 Å². The third-order valence-electron chi connectivity index (χ3n) is 4.19. The van der Waals surface area contributed by atoms with Crippen molar-refractivity contribution in [3.63, 3.8) is 0 Å². The topological polar surface area (TPSA) is 49.8 Å². The second-order valence-electron chi connectivity index (χ2n) is 7.32. The molecule has 1 amide bonds. The zero-order valence-electron chi connectivity index (χ0n) is 18.4. The number of rotatable bonds is 1. The van der Waals surface area contributed by atoms with Gasteiger partial charge in [0.2, 0.25) is 0 Å². The molecule has 1 unspecified atom stereocenters. The Morgan fingerprint density at radius 1 is 1.18 bits per heavy atom. The van der Waals surface area contributed by atoms with Gasteiger partial charge in [0.25, 0.3) is 0 Å². The average Bonchev–Trinajstić information content (AvgIpc) is 3.02. The van der Waals surface area contributed by atoms with Crippen molar-refractivity contribution < 1.29 is 14.6 Å². The summed E-state index contributed by atoms with van der Waals surface area (Å²) in [6.07, 6.45) is -0.414. The van der Waals surface area contributed by atoms with Gasteiger partial charge in [-0.1, -0.05) is 51.5 Å². The smallest absolute Gasteiger partial charge is 0.414 e. The molecule has 0 fully saturated rings. The molecule has 2 aromatic carbocycles. The Morgan fingerprint density at radius 2 is 1.79 bits per heavy atom. The van der Waals surface area contributed by atoms with Crippen molar-refractivity contribution in [1.29, 1.82) is 0 Å². The van der Waals surface area contributed by atoms with E-state index in [0.29, 0.717) is 18.1 Å². The standard InChI is InChI=1S/C19H22ClNO3.2C2H6/c1-11-5-6-13-14(7-11)17-12(9-20)10-21(15(17)8-16(13)22)18(23)24-19(2,3)4;2*1-2/h5-8,12,22H,9-10H2,1-4H3;2*1-2H3. The number of carbonyl (C=O) groups excluding carboxylic acids is 1. The molecule has 0 bridgehead atoms. The maximum atomic E-state index is 12.6. The SMILES string of the molecule is CC.CC.Cc1ccc2c(O)cc3c(c2c1)C(CCl)CN3C(=O)OC(C)(C)C. The van der Waals surface area contributed by atoms with Crippen molar-refractivity contribution in [2.24, 2.45) is 0 Å². The number of phenols is 1. The molecule has 1 heterocycles. The fourth-order valence-corrected chi connectivity index (χ4v) is 3.46. The molecule has 0 aromatic heterocycles. The minimum Gasteiger partial charge on any atom is -0.507 e. The van der Waals surface area contributed by atoms with Crippen LogP contribution >= 0.6 is 11.6 Å². The minimum absolute atomic E-state index is 0.0130. The molecule has 3 rings (SSSR count). The zero-order valence-corrected chi connectivity index (χ0v) is 19.1. The molecule has 0 aliphatic carbocycles. The van der Waals surface area contributed by atoms with E-state index in [1.54, 1.807) is 11.0 Å². The number of aromatic hydroxyl groups is 1. The minimum atomic E-state index is -0.578. The van der Waals surface area contributed by atoms with Gasteiger partial charge in [-0.15, -0.1) is 11.6 Å². The van der Waals surface area contributed by atoms with Crippen molar-refractivity contribution in [2.45, 2.75) is 66.9 Å². The summed E-state index contributed by atoms with van der Waals surface area (Å²) in [6.45, 7) is 16.0. The van der Waals surface area contributed by atoms with Crippen LogP contribution in [0.25, 0.3) is 10.8 Å². The van der Waals surface area contributed by atoms with Crippen LogP contribution in [0.5, 0.6) is 5.75 Å². The third kappa shape index (κ3) is 5.11. The van der Waals surface area contributed by atoms with Crippen molar-refractivity contribution in [1.82, 2.24) is 0 Å². The monoisotopic (exact) mass is 407 g/mol. The molecule has 4 nitrogen and oxygen atoms in total. The number of ether oxygens (including phenoxy) is 1. The van der Waals surface area contributed by atoms with Gasteiger partial charge < -0.3 is 9.84 Å². The van der Waals surface area contributed by atoms with Crippen LogP contribution in [0.2, 0.25) is 0 Å². The summed E-state index contributed by atoms with van der Waals surface area (Å²) in [5.41, 5.74) is 2.21. The number of phenolic OH excluding ortho intramolecular Hbond substituents is 1. The molecule has 28 heavy (non-hydrogen) atoms. The van der Waals surface area contributed by atoms with Gasteiger partial charge in [-0.05, 0) is 38.6 Å². The van der Waals surface area contributed by atoms with Gasteiger partial charge in [-0.3, -0.25) is 4.90 Å². The summed E-state index contributed by atoms with van der Waals surface area (Å²) in [4.78, 5) is 14.2. The van der Waals surface area contributed by atoms with Crippen LogP contribution in [-0.4, -0.2) is 29.2 Å². The fourth-order valence-electron chi connectivity index (χ4n) is 3.21. The highest BCUT2D eigenvalue weighted by atomic mass is 35.5. The number of hydrogen-bond donors (Lipinski definition) is 1. The maximum absolute atomic E-state index is 12.6. The summed E-state index contributed by atoms with van der Waals surface area (Å²) >= 11 is 6.18. The first-order valence-corrected chi connectivity index (χ1v) is 10.6. The van der Waals surface area contributed by atoms with Crippen molar-refractivity contribution in [3.05, 3.63) is 35.4 Å². The Morgan fingerprint density at radius 3 is 2.32 bits per heavy atom. The molecule has 1 aliphatic heterocycles. The highest BCUT2D eigenvalue weighted by molar-refractivity contribution is 6.19. The molecule has 1 aliphatic rings. The lowest BCUT2D eigenvalue weighted by molar-refractivity contribution is 0.0582. The van der Waals surface area contributed by atoms with Gasteiger partial charge in [-0.2, -0.15) is 0 Å². The first-order chi connectivity index (χ1) is 13.2. The van der Waals surface area contributed by atoms with E-state index in [1.807, 2.05) is 73.6 Å². The number of amides is 1. The highest BCUT2D eigenvalue weighted by Crippen LogP contribution is 2.45. The number of halogens is 1. The molecule has 1 N–H and O–H groups in total. The van der Waals surface area contributed by atoms with Gasteiger partial charge in [0.05, 0.1) is 5.69 Å². The summed E-state index contributed by atoms with van der Waals surface area (Å²) in [5, 5.41) is 12.1. The van der Waals surface area contributed by atoms with E-state index in [1.165, 1.54) is 0 Å². The zero-order chi connectivity index (χ0) is 21.6. The third-order valence-corrected chi connectivity index (χ3v) is 4.57. The van der Waals surface area contributed by atoms with Gasteiger partial charge in [-0.25, -0.2) is 4.79 Å². The quantitative estimate of drug-likeness (QED) is 0.518. The highest BCUT2D eigenvalue weighted by Gasteiger charge is 2.36. The van der Waals surface area contributed by atoms with E-state index in [-0.39, 0.29) is 11.7 Å². The lowest BCUT2D eigenvalue weighted by Crippen LogP contribution is -2.36. The van der Waals surface area contributed by atoms with Crippen LogP contribution in [0.4, 0.5) is 10.5 Å². The molecule has 156 valence electrons. The Labute approximate surface area is 174 Å². The van der Waals surface area contributed by atoms with Crippen LogP contribution in [0.3, 0.4) is 0 Å². The first kappa shape index (κ1) is 24.1. The number of aryl methyl sites for hydroxylation is 1. The predicted octanol–water partition coefficient (Wildman–Crippen LogP) is 6.98. The Balaban J connectivity index is 0.000000921. The number of carbonyl (C=O) groups is 1.